The normalized spacial score (nSPS) is 23.6. The average Bonchev–Trinajstić information content (AvgIpc) is 2.79. The van der Waals surface area contributed by atoms with Gasteiger partial charge in [-0.1, -0.05) is 24.3 Å². The average molecular weight is 489 g/mol. The number of hydrogen-bond donors (Lipinski definition) is 4. The molecule has 0 aliphatic carbocycles. The van der Waals surface area contributed by atoms with E-state index in [4.69, 9.17) is 18.9 Å². The molecule has 0 bridgehead atoms. The van der Waals surface area contributed by atoms with E-state index in [1.807, 2.05) is 0 Å². The fraction of sp³-hybridized carbons (Fsp3) is 0.304. The molecule has 1 saturated heterocycles. The summed E-state index contributed by atoms with van der Waals surface area (Å²) in [5.74, 6) is -6.65. The lowest BCUT2D eigenvalue weighted by molar-refractivity contribution is -0.328. The fourth-order valence-electron chi connectivity index (χ4n) is 3.27. The predicted octanol–water partition coefficient (Wildman–Crippen LogP) is -0.109. The molecule has 0 aromatic heterocycles. The van der Waals surface area contributed by atoms with E-state index in [1.165, 1.54) is 48.5 Å². The van der Waals surface area contributed by atoms with Crippen LogP contribution in [0.4, 0.5) is 0 Å². The van der Waals surface area contributed by atoms with E-state index >= 15 is 0 Å². The van der Waals surface area contributed by atoms with E-state index in [1.54, 1.807) is 0 Å². The summed E-state index contributed by atoms with van der Waals surface area (Å²) < 4.78 is 20.3. The standard InChI is InChI=1S/C23H23NO11/c1-12(25)33-17-9-5-3-7-14(17)21(29)24-23(31)20(19(28)16(27)11-32-23)35-22(30)15-8-4-6-10-18(15)34-13(2)26/h3-10,16,19-20,27-28,31H,11H2,1-2H3,(H,24,29)/t16-,19+,20-,23?/m1/s1. The summed E-state index contributed by atoms with van der Waals surface area (Å²) in [6.07, 6.45) is -5.49. The summed E-state index contributed by atoms with van der Waals surface area (Å²) in [7, 11) is 0. The summed E-state index contributed by atoms with van der Waals surface area (Å²) in [6.45, 7) is 1.63. The molecule has 12 heteroatoms. The van der Waals surface area contributed by atoms with E-state index < -0.39 is 54.6 Å². The Morgan fingerprint density at radius 1 is 0.914 bits per heavy atom. The summed E-state index contributed by atoms with van der Waals surface area (Å²) in [5.41, 5.74) is -0.408. The van der Waals surface area contributed by atoms with Crippen molar-refractivity contribution in [2.45, 2.75) is 38.1 Å². The van der Waals surface area contributed by atoms with Crippen molar-refractivity contribution in [1.29, 1.82) is 0 Å². The number of aliphatic hydroxyl groups excluding tert-OH is 2. The predicted molar refractivity (Wildman–Crippen MR) is 115 cm³/mol. The highest BCUT2D eigenvalue weighted by molar-refractivity contribution is 5.98. The maximum absolute atomic E-state index is 12.9. The first-order valence-electron chi connectivity index (χ1n) is 10.3. The van der Waals surface area contributed by atoms with Gasteiger partial charge in [-0.15, -0.1) is 0 Å². The molecule has 1 aliphatic heterocycles. The minimum atomic E-state index is -2.80. The van der Waals surface area contributed by atoms with Crippen molar-refractivity contribution in [2.24, 2.45) is 0 Å². The van der Waals surface area contributed by atoms with Gasteiger partial charge in [0.1, 0.15) is 29.3 Å². The molecule has 1 amide bonds. The molecule has 3 rings (SSSR count). The Morgan fingerprint density at radius 2 is 1.43 bits per heavy atom. The zero-order chi connectivity index (χ0) is 25.8. The minimum Gasteiger partial charge on any atom is -0.448 e. The molecule has 1 fully saturated rings. The zero-order valence-electron chi connectivity index (χ0n) is 18.7. The number of aliphatic hydroxyl groups is 3. The van der Waals surface area contributed by atoms with Crippen LogP contribution in [0.5, 0.6) is 11.5 Å². The van der Waals surface area contributed by atoms with Gasteiger partial charge in [0.15, 0.2) is 0 Å². The quantitative estimate of drug-likeness (QED) is 0.242. The van der Waals surface area contributed by atoms with Crippen molar-refractivity contribution in [3.8, 4) is 11.5 Å². The lowest BCUT2D eigenvalue weighted by Gasteiger charge is -2.43. The molecule has 1 unspecified atom stereocenters. The van der Waals surface area contributed by atoms with Crippen LogP contribution < -0.4 is 14.8 Å². The van der Waals surface area contributed by atoms with Crippen molar-refractivity contribution < 1.29 is 53.4 Å². The van der Waals surface area contributed by atoms with Crippen molar-refractivity contribution in [3.63, 3.8) is 0 Å². The number of hydrogen-bond acceptors (Lipinski definition) is 11. The summed E-state index contributed by atoms with van der Waals surface area (Å²) in [5, 5.41) is 33.6. The summed E-state index contributed by atoms with van der Waals surface area (Å²) in [4.78, 5) is 48.4. The number of carbonyl (C=O) groups excluding carboxylic acids is 4. The lowest BCUT2D eigenvalue weighted by Crippen LogP contribution is -2.69. The number of ether oxygens (including phenoxy) is 4. The number of nitrogens with one attached hydrogen (secondary N) is 1. The van der Waals surface area contributed by atoms with Crippen LogP contribution >= 0.6 is 0 Å². The number of benzene rings is 2. The van der Waals surface area contributed by atoms with Gasteiger partial charge < -0.3 is 34.3 Å². The van der Waals surface area contributed by atoms with Gasteiger partial charge in [-0.25, -0.2) is 4.79 Å². The molecule has 12 nitrogen and oxygen atoms in total. The van der Waals surface area contributed by atoms with E-state index in [9.17, 15) is 34.5 Å². The topological polar surface area (TPSA) is 178 Å². The highest BCUT2D eigenvalue weighted by Crippen LogP contribution is 2.29. The van der Waals surface area contributed by atoms with E-state index in [2.05, 4.69) is 5.32 Å². The Balaban J connectivity index is 1.89. The van der Waals surface area contributed by atoms with Crippen molar-refractivity contribution in [3.05, 3.63) is 59.7 Å². The van der Waals surface area contributed by atoms with Crippen LogP contribution in [0.1, 0.15) is 34.6 Å². The minimum absolute atomic E-state index is 0.124. The third-order valence-corrected chi connectivity index (χ3v) is 4.84. The molecular weight excluding hydrogens is 466 g/mol. The Hall–Kier alpha value is -3.84. The first kappa shape index (κ1) is 25.8. The second-order valence-electron chi connectivity index (χ2n) is 7.53. The number of para-hydroxylation sites is 2. The van der Waals surface area contributed by atoms with Crippen LogP contribution in [0, 0.1) is 0 Å². The molecule has 0 spiro atoms. The molecule has 2 aromatic rings. The maximum Gasteiger partial charge on any atom is 0.342 e. The first-order chi connectivity index (χ1) is 16.5. The van der Waals surface area contributed by atoms with Crippen LogP contribution in [-0.4, -0.2) is 70.0 Å². The number of esters is 3. The number of rotatable bonds is 6. The van der Waals surface area contributed by atoms with Gasteiger partial charge in [-0.2, -0.15) is 0 Å². The highest BCUT2D eigenvalue weighted by Gasteiger charge is 2.53. The Morgan fingerprint density at radius 3 is 2.00 bits per heavy atom. The molecule has 186 valence electrons. The number of amides is 1. The van der Waals surface area contributed by atoms with Gasteiger partial charge >= 0.3 is 17.9 Å². The Kier molecular flexibility index (Phi) is 7.82. The van der Waals surface area contributed by atoms with Gasteiger partial charge in [0.05, 0.1) is 12.2 Å². The van der Waals surface area contributed by atoms with Gasteiger partial charge in [-0.3, -0.25) is 19.7 Å². The van der Waals surface area contributed by atoms with Crippen LogP contribution in [0.2, 0.25) is 0 Å². The molecule has 1 aliphatic rings. The molecule has 35 heavy (non-hydrogen) atoms. The molecule has 4 atom stereocenters. The van der Waals surface area contributed by atoms with Gasteiger partial charge in [0.2, 0.25) is 6.10 Å². The van der Waals surface area contributed by atoms with Crippen LogP contribution in [0.25, 0.3) is 0 Å². The maximum atomic E-state index is 12.9. The summed E-state index contributed by atoms with van der Waals surface area (Å²) >= 11 is 0. The van der Waals surface area contributed by atoms with E-state index in [0.717, 1.165) is 13.8 Å². The lowest BCUT2D eigenvalue weighted by atomic mass is 10.0. The molecule has 1 heterocycles. The van der Waals surface area contributed by atoms with Crippen molar-refractivity contribution in [1.82, 2.24) is 5.32 Å². The number of carbonyl (C=O) groups is 4. The third kappa shape index (κ3) is 6.00. The van der Waals surface area contributed by atoms with E-state index in [0.29, 0.717) is 0 Å². The van der Waals surface area contributed by atoms with Crippen molar-refractivity contribution in [2.75, 3.05) is 6.61 Å². The largest absolute Gasteiger partial charge is 0.448 e. The summed E-state index contributed by atoms with van der Waals surface area (Å²) in [6, 6.07) is 11.1. The van der Waals surface area contributed by atoms with Gasteiger partial charge in [-0.05, 0) is 24.3 Å². The van der Waals surface area contributed by atoms with Crippen LogP contribution in [-0.2, 0) is 19.1 Å². The van der Waals surface area contributed by atoms with Gasteiger partial charge in [0, 0.05) is 13.8 Å². The Labute approximate surface area is 199 Å². The highest BCUT2D eigenvalue weighted by atomic mass is 16.7. The SMILES string of the molecule is CC(=O)Oc1ccccc1C(=O)NC1(O)OC[C@@H](O)[C@H](O)[C@H]1OC(=O)c1ccccc1OC(C)=O. The molecular formula is C23H23NO11. The van der Waals surface area contributed by atoms with Crippen LogP contribution in [0.15, 0.2) is 48.5 Å². The Bertz CT molecular complexity index is 1130. The third-order valence-electron chi connectivity index (χ3n) is 4.84. The van der Waals surface area contributed by atoms with E-state index in [-0.39, 0.29) is 22.6 Å². The molecule has 0 saturated carbocycles. The molecule has 4 N–H and O–H groups in total. The second-order valence-corrected chi connectivity index (χ2v) is 7.53. The fourth-order valence-corrected chi connectivity index (χ4v) is 3.27. The molecule has 2 aromatic carbocycles. The second kappa shape index (κ2) is 10.6. The van der Waals surface area contributed by atoms with Gasteiger partial charge in [0.25, 0.3) is 11.8 Å². The molecule has 0 radical (unpaired) electrons. The first-order valence-corrected chi connectivity index (χ1v) is 10.3. The monoisotopic (exact) mass is 489 g/mol. The van der Waals surface area contributed by atoms with Crippen LogP contribution in [0.3, 0.4) is 0 Å². The van der Waals surface area contributed by atoms with Crippen molar-refractivity contribution >= 4 is 23.8 Å². The smallest absolute Gasteiger partial charge is 0.342 e. The zero-order valence-corrected chi connectivity index (χ0v) is 18.7.